The van der Waals surface area contributed by atoms with Gasteiger partial charge in [0.15, 0.2) is 0 Å². The zero-order chi connectivity index (χ0) is 11.2. The SMILES string of the molecule is CCN(CC1CCNCC1)CC1CCOC1. The lowest BCUT2D eigenvalue weighted by Gasteiger charge is -2.30. The van der Waals surface area contributed by atoms with Crippen LogP contribution in [0.2, 0.25) is 0 Å². The van der Waals surface area contributed by atoms with E-state index in [1.54, 1.807) is 0 Å². The maximum atomic E-state index is 5.46. The predicted molar refractivity (Wildman–Crippen MR) is 66.6 cm³/mol. The molecule has 2 aliphatic rings. The van der Waals surface area contributed by atoms with Crippen molar-refractivity contribution in [2.45, 2.75) is 26.2 Å². The van der Waals surface area contributed by atoms with E-state index in [4.69, 9.17) is 4.74 Å². The molecule has 2 saturated heterocycles. The van der Waals surface area contributed by atoms with Gasteiger partial charge in [-0.1, -0.05) is 6.92 Å². The minimum atomic E-state index is 0.793. The quantitative estimate of drug-likeness (QED) is 0.766. The maximum Gasteiger partial charge on any atom is 0.0507 e. The van der Waals surface area contributed by atoms with Crippen molar-refractivity contribution in [3.8, 4) is 0 Å². The standard InChI is InChI=1S/C13H26N2O/c1-2-15(10-13-5-8-16-11-13)9-12-3-6-14-7-4-12/h12-14H,2-11H2,1H3. The third-order valence-corrected chi connectivity index (χ3v) is 3.96. The third-order valence-electron chi connectivity index (χ3n) is 3.96. The Hall–Kier alpha value is -0.120. The van der Waals surface area contributed by atoms with Gasteiger partial charge in [0.2, 0.25) is 0 Å². The fraction of sp³-hybridized carbons (Fsp3) is 1.00. The average molecular weight is 226 g/mol. The van der Waals surface area contributed by atoms with Crippen molar-refractivity contribution in [1.29, 1.82) is 0 Å². The van der Waals surface area contributed by atoms with Crippen molar-refractivity contribution >= 4 is 0 Å². The van der Waals surface area contributed by atoms with Crippen molar-refractivity contribution in [1.82, 2.24) is 10.2 Å². The van der Waals surface area contributed by atoms with Gasteiger partial charge in [0.1, 0.15) is 0 Å². The van der Waals surface area contributed by atoms with Crippen LogP contribution in [0.15, 0.2) is 0 Å². The van der Waals surface area contributed by atoms with E-state index in [2.05, 4.69) is 17.1 Å². The van der Waals surface area contributed by atoms with E-state index in [9.17, 15) is 0 Å². The summed E-state index contributed by atoms with van der Waals surface area (Å²) in [4.78, 5) is 2.63. The van der Waals surface area contributed by atoms with E-state index in [1.807, 2.05) is 0 Å². The summed E-state index contributed by atoms with van der Waals surface area (Å²) in [5.74, 6) is 1.71. The lowest BCUT2D eigenvalue weighted by atomic mass is 9.97. The first-order chi connectivity index (χ1) is 7.88. The lowest BCUT2D eigenvalue weighted by Crippen LogP contribution is -2.38. The molecule has 0 spiro atoms. The van der Waals surface area contributed by atoms with Gasteiger partial charge in [-0.25, -0.2) is 0 Å². The molecule has 3 heteroatoms. The Labute approximate surface area is 99.5 Å². The van der Waals surface area contributed by atoms with Crippen LogP contribution in [0.25, 0.3) is 0 Å². The highest BCUT2D eigenvalue weighted by molar-refractivity contribution is 4.75. The first-order valence-corrected chi connectivity index (χ1v) is 6.89. The van der Waals surface area contributed by atoms with Crippen LogP contribution in [0.3, 0.4) is 0 Å². The monoisotopic (exact) mass is 226 g/mol. The van der Waals surface area contributed by atoms with Crippen LogP contribution in [-0.4, -0.2) is 50.8 Å². The van der Waals surface area contributed by atoms with Crippen LogP contribution in [0.5, 0.6) is 0 Å². The molecule has 94 valence electrons. The van der Waals surface area contributed by atoms with Gasteiger partial charge in [-0.15, -0.1) is 0 Å². The van der Waals surface area contributed by atoms with Crippen molar-refractivity contribution < 1.29 is 4.74 Å². The molecule has 1 atom stereocenters. The molecule has 0 aromatic carbocycles. The normalized spacial score (nSPS) is 27.8. The van der Waals surface area contributed by atoms with E-state index in [0.717, 1.165) is 25.0 Å². The Morgan fingerprint density at radius 3 is 2.50 bits per heavy atom. The van der Waals surface area contributed by atoms with Gasteiger partial charge in [0.05, 0.1) is 6.61 Å². The third kappa shape index (κ3) is 3.72. The molecule has 3 nitrogen and oxygen atoms in total. The van der Waals surface area contributed by atoms with Crippen LogP contribution < -0.4 is 5.32 Å². The largest absolute Gasteiger partial charge is 0.381 e. The molecule has 0 bridgehead atoms. The van der Waals surface area contributed by atoms with Crippen molar-refractivity contribution in [3.05, 3.63) is 0 Å². The molecular formula is C13H26N2O. The molecule has 0 aromatic heterocycles. The predicted octanol–water partition coefficient (Wildman–Crippen LogP) is 1.34. The summed E-state index contributed by atoms with van der Waals surface area (Å²) in [5.41, 5.74) is 0. The second-order valence-corrected chi connectivity index (χ2v) is 5.28. The fourth-order valence-electron chi connectivity index (χ4n) is 2.85. The number of piperidine rings is 1. The molecule has 0 radical (unpaired) electrons. The van der Waals surface area contributed by atoms with Crippen molar-refractivity contribution in [2.75, 3.05) is 45.9 Å². The van der Waals surface area contributed by atoms with Crippen molar-refractivity contribution in [2.24, 2.45) is 11.8 Å². The summed E-state index contributed by atoms with van der Waals surface area (Å²) >= 11 is 0. The molecule has 2 fully saturated rings. The summed E-state index contributed by atoms with van der Waals surface area (Å²) in [6.45, 7) is 10.4. The molecule has 0 aliphatic carbocycles. The van der Waals surface area contributed by atoms with Crippen LogP contribution >= 0.6 is 0 Å². The smallest absolute Gasteiger partial charge is 0.0507 e. The van der Waals surface area contributed by atoms with Gasteiger partial charge in [-0.2, -0.15) is 0 Å². The number of ether oxygens (including phenoxy) is 1. The molecule has 16 heavy (non-hydrogen) atoms. The summed E-state index contributed by atoms with van der Waals surface area (Å²) in [5, 5.41) is 3.44. The Balaban J connectivity index is 1.70. The summed E-state index contributed by atoms with van der Waals surface area (Å²) in [6.07, 6.45) is 3.98. The molecule has 2 aliphatic heterocycles. The van der Waals surface area contributed by atoms with Gasteiger partial charge in [0.25, 0.3) is 0 Å². The molecule has 0 amide bonds. The first-order valence-electron chi connectivity index (χ1n) is 6.89. The number of hydrogen-bond donors (Lipinski definition) is 1. The number of nitrogens with one attached hydrogen (secondary N) is 1. The van der Waals surface area contributed by atoms with Gasteiger partial charge in [0, 0.05) is 19.7 Å². The topological polar surface area (TPSA) is 24.5 Å². The average Bonchev–Trinajstić information content (AvgIpc) is 2.82. The summed E-state index contributed by atoms with van der Waals surface area (Å²) < 4.78 is 5.46. The Morgan fingerprint density at radius 2 is 1.88 bits per heavy atom. The molecule has 2 heterocycles. The van der Waals surface area contributed by atoms with Gasteiger partial charge in [-0.3, -0.25) is 0 Å². The molecular weight excluding hydrogens is 200 g/mol. The highest BCUT2D eigenvalue weighted by atomic mass is 16.5. The molecule has 1 N–H and O–H groups in total. The van der Waals surface area contributed by atoms with Gasteiger partial charge in [-0.05, 0) is 50.7 Å². The fourth-order valence-corrected chi connectivity index (χ4v) is 2.85. The molecule has 2 rings (SSSR count). The van der Waals surface area contributed by atoms with Gasteiger partial charge >= 0.3 is 0 Å². The second kappa shape index (κ2) is 6.58. The first kappa shape index (κ1) is 12.3. The second-order valence-electron chi connectivity index (χ2n) is 5.28. The van der Waals surface area contributed by atoms with Crippen LogP contribution in [0.1, 0.15) is 26.2 Å². The van der Waals surface area contributed by atoms with E-state index in [0.29, 0.717) is 0 Å². The Morgan fingerprint density at radius 1 is 1.12 bits per heavy atom. The molecule has 0 saturated carbocycles. The minimum Gasteiger partial charge on any atom is -0.381 e. The van der Waals surface area contributed by atoms with Crippen LogP contribution in [0.4, 0.5) is 0 Å². The number of hydrogen-bond acceptors (Lipinski definition) is 3. The van der Waals surface area contributed by atoms with E-state index < -0.39 is 0 Å². The highest BCUT2D eigenvalue weighted by Crippen LogP contribution is 2.17. The van der Waals surface area contributed by atoms with Crippen LogP contribution in [-0.2, 0) is 4.74 Å². The van der Waals surface area contributed by atoms with E-state index in [1.165, 1.54) is 52.0 Å². The highest BCUT2D eigenvalue weighted by Gasteiger charge is 2.21. The molecule has 1 unspecified atom stereocenters. The summed E-state index contributed by atoms with van der Waals surface area (Å²) in [6, 6.07) is 0. The zero-order valence-electron chi connectivity index (χ0n) is 10.6. The minimum absolute atomic E-state index is 0.793. The zero-order valence-corrected chi connectivity index (χ0v) is 10.6. The van der Waals surface area contributed by atoms with Crippen LogP contribution in [0, 0.1) is 11.8 Å². The number of nitrogens with zero attached hydrogens (tertiary/aromatic N) is 1. The molecule has 0 aromatic rings. The van der Waals surface area contributed by atoms with Crippen molar-refractivity contribution in [3.63, 3.8) is 0 Å². The van der Waals surface area contributed by atoms with E-state index in [-0.39, 0.29) is 0 Å². The summed E-state index contributed by atoms with van der Waals surface area (Å²) in [7, 11) is 0. The van der Waals surface area contributed by atoms with Gasteiger partial charge < -0.3 is 15.0 Å². The Bertz CT molecular complexity index is 186. The number of rotatable bonds is 5. The maximum absolute atomic E-state index is 5.46. The lowest BCUT2D eigenvalue weighted by molar-refractivity contribution is 0.155. The Kier molecular flexibility index (Phi) is 5.07. The van der Waals surface area contributed by atoms with E-state index >= 15 is 0 Å².